The molecule has 6 rings (SSSR count). The van der Waals surface area contributed by atoms with Gasteiger partial charge in [0, 0.05) is 47.0 Å². The molecule has 4 atom stereocenters. The minimum absolute atomic E-state index is 0.0418. The molecule has 4 nitrogen and oxygen atoms in total. The summed E-state index contributed by atoms with van der Waals surface area (Å²) in [6.07, 6.45) is 9.93. The fourth-order valence-electron chi connectivity index (χ4n) is 8.89. The molecule has 1 aliphatic carbocycles. The van der Waals surface area contributed by atoms with Crippen molar-refractivity contribution >= 4 is 27.7 Å². The minimum atomic E-state index is -0.446. The van der Waals surface area contributed by atoms with E-state index in [9.17, 15) is 4.79 Å². The van der Waals surface area contributed by atoms with Crippen LogP contribution in [0.25, 0.3) is 0 Å². The first-order valence-electron chi connectivity index (χ1n) is 16.9. The number of carbonyl (C=O) groups is 2. The predicted molar refractivity (Wildman–Crippen MR) is 182 cm³/mol. The summed E-state index contributed by atoms with van der Waals surface area (Å²) in [7, 11) is 0. The number of likely N-dealkylation sites (tertiary alicyclic amines) is 1. The fraction of sp³-hybridized carbons (Fsp3) is 0.487. The van der Waals surface area contributed by atoms with Gasteiger partial charge in [0.1, 0.15) is 0 Å². The first-order valence-corrected chi connectivity index (χ1v) is 17.7. The summed E-state index contributed by atoms with van der Waals surface area (Å²) in [6, 6.07) is 27.4. The van der Waals surface area contributed by atoms with E-state index in [1.807, 2.05) is 35.2 Å². The molecule has 2 heterocycles. The van der Waals surface area contributed by atoms with E-state index in [4.69, 9.17) is 0 Å². The number of piperidine rings is 1. The lowest BCUT2D eigenvalue weighted by molar-refractivity contribution is -0.145. The molecule has 3 aromatic carbocycles. The topological polar surface area (TPSA) is 40.6 Å². The van der Waals surface area contributed by atoms with E-state index < -0.39 is 5.41 Å². The maximum absolute atomic E-state index is 15.1. The molecule has 1 saturated carbocycles. The third kappa shape index (κ3) is 6.01. The highest BCUT2D eigenvalue weighted by Gasteiger charge is 2.50. The van der Waals surface area contributed by atoms with Gasteiger partial charge in [0.25, 0.3) is 5.91 Å². The average molecular weight is 656 g/mol. The van der Waals surface area contributed by atoms with Gasteiger partial charge in [-0.25, -0.2) is 0 Å². The number of carbonyl (C=O) groups excluding carboxylic acids is 2. The Kier molecular flexibility index (Phi) is 9.61. The Morgan fingerprint density at radius 3 is 2.30 bits per heavy atom. The second-order valence-electron chi connectivity index (χ2n) is 13.4. The fourth-order valence-corrected chi connectivity index (χ4v) is 9.29. The summed E-state index contributed by atoms with van der Waals surface area (Å²) >= 11 is 3.70. The van der Waals surface area contributed by atoms with Crippen LogP contribution in [0.3, 0.4) is 0 Å². The van der Waals surface area contributed by atoms with Crippen molar-refractivity contribution in [2.75, 3.05) is 13.1 Å². The summed E-state index contributed by atoms with van der Waals surface area (Å²) in [5.74, 6) is 1.22. The third-order valence-corrected chi connectivity index (χ3v) is 11.6. The Morgan fingerprint density at radius 1 is 0.909 bits per heavy atom. The van der Waals surface area contributed by atoms with Gasteiger partial charge in [0.05, 0.1) is 0 Å². The monoisotopic (exact) mass is 654 g/mol. The predicted octanol–water partition coefficient (Wildman–Crippen LogP) is 9.13. The molecular weight excluding hydrogens is 608 g/mol. The number of amides is 2. The molecule has 5 heteroatoms. The first kappa shape index (κ1) is 31.1. The zero-order valence-corrected chi connectivity index (χ0v) is 28.0. The molecule has 3 aromatic rings. The van der Waals surface area contributed by atoms with Gasteiger partial charge in [-0.15, -0.1) is 0 Å². The Labute approximate surface area is 272 Å². The summed E-state index contributed by atoms with van der Waals surface area (Å²) in [5, 5.41) is 0. The molecule has 44 heavy (non-hydrogen) atoms. The lowest BCUT2D eigenvalue weighted by Crippen LogP contribution is -2.58. The normalized spacial score (nSPS) is 24.9. The highest BCUT2D eigenvalue weighted by molar-refractivity contribution is 9.10. The van der Waals surface area contributed by atoms with Crippen LogP contribution < -0.4 is 0 Å². The summed E-state index contributed by atoms with van der Waals surface area (Å²) in [5.41, 5.74) is 4.07. The zero-order chi connectivity index (χ0) is 30.7. The van der Waals surface area contributed by atoms with Gasteiger partial charge in [-0.05, 0) is 91.3 Å². The van der Waals surface area contributed by atoms with Gasteiger partial charge in [0.15, 0.2) is 0 Å². The van der Waals surface area contributed by atoms with Crippen LogP contribution in [0.5, 0.6) is 0 Å². The SMILES string of the molecule is CC[C@@H](C(=O)N1CC[C@@H](c2ccccc2)C[C@H]1C1CCCCC1)[C@]1(CC)CN(C(=O)c2ccccc2)Cc2cc(Br)ccc21. The largest absolute Gasteiger partial charge is 0.339 e. The highest BCUT2D eigenvalue weighted by atomic mass is 79.9. The summed E-state index contributed by atoms with van der Waals surface area (Å²) < 4.78 is 1.01. The molecule has 0 aromatic heterocycles. The van der Waals surface area contributed by atoms with Gasteiger partial charge < -0.3 is 9.80 Å². The minimum Gasteiger partial charge on any atom is -0.339 e. The third-order valence-electron chi connectivity index (χ3n) is 11.1. The van der Waals surface area contributed by atoms with E-state index in [1.54, 1.807) is 0 Å². The number of hydrogen-bond acceptors (Lipinski definition) is 2. The van der Waals surface area contributed by atoms with Crippen LogP contribution in [-0.2, 0) is 16.8 Å². The first-order chi connectivity index (χ1) is 21.4. The van der Waals surface area contributed by atoms with E-state index in [0.717, 1.165) is 42.3 Å². The van der Waals surface area contributed by atoms with E-state index in [2.05, 4.69) is 83.2 Å². The highest BCUT2D eigenvalue weighted by Crippen LogP contribution is 2.47. The van der Waals surface area contributed by atoms with Crippen molar-refractivity contribution in [3.63, 3.8) is 0 Å². The van der Waals surface area contributed by atoms with Gasteiger partial charge >= 0.3 is 0 Å². The number of halogens is 1. The van der Waals surface area contributed by atoms with Crippen LogP contribution in [0.1, 0.15) is 105 Å². The zero-order valence-electron chi connectivity index (χ0n) is 26.4. The molecule has 0 spiro atoms. The van der Waals surface area contributed by atoms with Crippen LogP contribution in [0, 0.1) is 11.8 Å². The van der Waals surface area contributed by atoms with Crippen molar-refractivity contribution < 1.29 is 9.59 Å². The second-order valence-corrected chi connectivity index (χ2v) is 14.3. The van der Waals surface area contributed by atoms with Crippen LogP contribution in [0.15, 0.2) is 83.3 Å². The van der Waals surface area contributed by atoms with E-state index >= 15 is 4.79 Å². The molecule has 3 aliphatic rings. The van der Waals surface area contributed by atoms with E-state index in [-0.39, 0.29) is 17.9 Å². The Morgan fingerprint density at radius 2 is 1.61 bits per heavy atom. The van der Waals surface area contributed by atoms with Crippen LogP contribution in [-0.4, -0.2) is 40.7 Å². The van der Waals surface area contributed by atoms with Crippen molar-refractivity contribution in [3.8, 4) is 0 Å². The van der Waals surface area contributed by atoms with Crippen LogP contribution in [0.4, 0.5) is 0 Å². The Balaban J connectivity index is 1.36. The van der Waals surface area contributed by atoms with Gasteiger partial charge in [-0.1, -0.05) is 104 Å². The molecule has 2 amide bonds. The smallest absolute Gasteiger partial charge is 0.254 e. The number of fused-ring (bicyclic) bond motifs is 1. The quantitative estimate of drug-likeness (QED) is 0.255. The van der Waals surface area contributed by atoms with Crippen molar-refractivity contribution in [1.29, 1.82) is 0 Å². The summed E-state index contributed by atoms with van der Waals surface area (Å²) in [4.78, 5) is 33.4. The van der Waals surface area contributed by atoms with Crippen LogP contribution >= 0.6 is 15.9 Å². The maximum Gasteiger partial charge on any atom is 0.254 e. The number of nitrogens with zero attached hydrogens (tertiary/aromatic N) is 2. The van der Waals surface area contributed by atoms with Crippen LogP contribution in [0.2, 0.25) is 0 Å². The molecule has 2 fully saturated rings. The van der Waals surface area contributed by atoms with Crippen molar-refractivity contribution in [2.24, 2.45) is 11.8 Å². The molecule has 2 aliphatic heterocycles. The lowest BCUT2D eigenvalue weighted by Gasteiger charge is -2.51. The molecule has 0 N–H and O–H groups in total. The molecule has 232 valence electrons. The number of rotatable bonds is 7. The second kappa shape index (κ2) is 13.6. The molecule has 1 saturated heterocycles. The van der Waals surface area contributed by atoms with Crippen molar-refractivity contribution in [2.45, 2.75) is 95.6 Å². The molecular formula is C39H47BrN2O2. The summed E-state index contributed by atoms with van der Waals surface area (Å²) in [6.45, 7) is 6.34. The Hall–Kier alpha value is -2.92. The lowest BCUT2D eigenvalue weighted by atomic mass is 9.63. The maximum atomic E-state index is 15.1. The van der Waals surface area contributed by atoms with Gasteiger partial charge in [-0.3, -0.25) is 9.59 Å². The van der Waals surface area contributed by atoms with Crippen molar-refractivity contribution in [1.82, 2.24) is 9.80 Å². The Bertz CT molecular complexity index is 1440. The average Bonchev–Trinajstić information content (AvgIpc) is 3.08. The van der Waals surface area contributed by atoms with E-state index in [1.165, 1.54) is 43.2 Å². The van der Waals surface area contributed by atoms with Crippen molar-refractivity contribution in [3.05, 3.63) is 106 Å². The molecule has 0 bridgehead atoms. The standard InChI is InChI=1S/C39H47BrN2O2/c1-3-34(38(44)42-23-22-31(28-14-8-5-9-15-28)25-36(42)29-16-10-6-11-17-29)39(4-2)27-41(37(43)30-18-12-7-13-19-30)26-32-24-33(40)20-21-35(32)39/h5,7-9,12-15,18-21,24,29,31,34,36H,3-4,6,10-11,16-17,22-23,25-27H2,1-2H3/t31-,34+,36+,39+/m1/s1. The number of benzene rings is 3. The number of hydrogen-bond donors (Lipinski definition) is 0. The molecule has 0 radical (unpaired) electrons. The molecule has 0 unspecified atom stereocenters. The van der Waals surface area contributed by atoms with Gasteiger partial charge in [0.2, 0.25) is 5.91 Å². The van der Waals surface area contributed by atoms with E-state index in [0.29, 0.717) is 36.4 Å². The van der Waals surface area contributed by atoms with Gasteiger partial charge in [-0.2, -0.15) is 0 Å².